The maximum atomic E-state index is 14.2. The van der Waals surface area contributed by atoms with Crippen molar-refractivity contribution in [3.05, 3.63) is 101 Å². The Balaban J connectivity index is 1.72. The molecule has 218 valence electrons. The molecule has 1 saturated carbocycles. The number of hydrogen-bond acceptors (Lipinski definition) is 4. The van der Waals surface area contributed by atoms with Gasteiger partial charge in [0.2, 0.25) is 21.8 Å². The minimum Gasteiger partial charge on any atom is -0.352 e. The van der Waals surface area contributed by atoms with Crippen molar-refractivity contribution in [2.75, 3.05) is 17.1 Å². The molecule has 41 heavy (non-hydrogen) atoms. The van der Waals surface area contributed by atoms with Crippen LogP contribution in [0.25, 0.3) is 0 Å². The first-order valence-electron chi connectivity index (χ1n) is 14.0. The lowest BCUT2D eigenvalue weighted by molar-refractivity contribution is -0.140. The van der Waals surface area contributed by atoms with E-state index in [4.69, 9.17) is 11.6 Å². The number of hydrogen-bond donors (Lipinski definition) is 1. The molecule has 9 heteroatoms. The third kappa shape index (κ3) is 8.81. The fourth-order valence-electron chi connectivity index (χ4n) is 5.35. The van der Waals surface area contributed by atoms with Crippen molar-refractivity contribution in [2.45, 2.75) is 64.1 Å². The SMILES string of the molecule is Cc1cccc(CN(C(=O)CN(c2cccc(Cl)c2)S(C)(=O)=O)[C@@H](Cc2ccccc2)C(=O)NC2CCCCC2)c1. The van der Waals surface area contributed by atoms with E-state index in [0.29, 0.717) is 11.4 Å². The largest absolute Gasteiger partial charge is 0.352 e. The van der Waals surface area contributed by atoms with Gasteiger partial charge in [0.15, 0.2) is 0 Å². The van der Waals surface area contributed by atoms with Crippen LogP contribution in [0.2, 0.25) is 5.02 Å². The van der Waals surface area contributed by atoms with Crippen LogP contribution in [-0.4, -0.2) is 50.0 Å². The van der Waals surface area contributed by atoms with Crippen molar-refractivity contribution in [3.8, 4) is 0 Å². The second kappa shape index (κ2) is 14.0. The molecule has 7 nitrogen and oxygen atoms in total. The number of anilines is 1. The molecule has 1 fully saturated rings. The first-order chi connectivity index (χ1) is 19.6. The molecule has 3 aromatic rings. The van der Waals surface area contributed by atoms with E-state index in [0.717, 1.165) is 59.4 Å². The molecule has 0 heterocycles. The zero-order valence-electron chi connectivity index (χ0n) is 23.6. The van der Waals surface area contributed by atoms with Crippen LogP contribution in [0.5, 0.6) is 0 Å². The average Bonchev–Trinajstić information content (AvgIpc) is 2.94. The Hall–Kier alpha value is -3.36. The quantitative estimate of drug-likeness (QED) is 0.317. The number of benzene rings is 3. The van der Waals surface area contributed by atoms with Crippen molar-refractivity contribution in [1.82, 2.24) is 10.2 Å². The number of carbonyl (C=O) groups is 2. The molecule has 2 amide bonds. The monoisotopic (exact) mass is 595 g/mol. The van der Waals surface area contributed by atoms with Crippen LogP contribution in [-0.2, 0) is 32.6 Å². The Morgan fingerprint density at radius 3 is 2.27 bits per heavy atom. The second-order valence-electron chi connectivity index (χ2n) is 10.8. The predicted molar refractivity (Wildman–Crippen MR) is 164 cm³/mol. The summed E-state index contributed by atoms with van der Waals surface area (Å²) in [5.41, 5.74) is 3.08. The highest BCUT2D eigenvalue weighted by Gasteiger charge is 2.34. The van der Waals surface area contributed by atoms with E-state index in [9.17, 15) is 18.0 Å². The van der Waals surface area contributed by atoms with Gasteiger partial charge in [-0.15, -0.1) is 0 Å². The van der Waals surface area contributed by atoms with E-state index in [-0.39, 0.29) is 24.2 Å². The topological polar surface area (TPSA) is 86.8 Å². The van der Waals surface area contributed by atoms with E-state index in [1.165, 1.54) is 11.0 Å². The summed E-state index contributed by atoms with van der Waals surface area (Å²) in [7, 11) is -3.84. The summed E-state index contributed by atoms with van der Waals surface area (Å²) < 4.78 is 26.8. The van der Waals surface area contributed by atoms with Crippen LogP contribution in [0, 0.1) is 6.92 Å². The van der Waals surface area contributed by atoms with Crippen molar-refractivity contribution >= 4 is 39.1 Å². The average molecular weight is 596 g/mol. The molecule has 0 radical (unpaired) electrons. The molecule has 1 aliphatic rings. The van der Waals surface area contributed by atoms with Gasteiger partial charge in [-0.1, -0.05) is 97.1 Å². The highest BCUT2D eigenvalue weighted by molar-refractivity contribution is 7.92. The molecular weight excluding hydrogens is 558 g/mol. The fraction of sp³-hybridized carbons (Fsp3) is 0.375. The highest BCUT2D eigenvalue weighted by atomic mass is 35.5. The normalized spacial score (nSPS) is 14.7. The Labute approximate surface area is 248 Å². The molecule has 4 rings (SSSR count). The second-order valence-corrected chi connectivity index (χ2v) is 13.2. The molecule has 0 bridgehead atoms. The number of carbonyl (C=O) groups excluding carboxylic acids is 2. The summed E-state index contributed by atoms with van der Waals surface area (Å²) in [5, 5.41) is 3.57. The number of nitrogens with one attached hydrogen (secondary N) is 1. The first-order valence-corrected chi connectivity index (χ1v) is 16.3. The zero-order chi connectivity index (χ0) is 29.4. The summed E-state index contributed by atoms with van der Waals surface area (Å²) in [6.45, 7) is 1.66. The van der Waals surface area contributed by atoms with Crippen molar-refractivity contribution < 1.29 is 18.0 Å². The van der Waals surface area contributed by atoms with E-state index in [1.807, 2.05) is 61.5 Å². The lowest BCUT2D eigenvalue weighted by Gasteiger charge is -2.35. The lowest BCUT2D eigenvalue weighted by atomic mass is 9.94. The zero-order valence-corrected chi connectivity index (χ0v) is 25.2. The third-order valence-corrected chi connectivity index (χ3v) is 8.81. The minimum atomic E-state index is -3.84. The number of amides is 2. The van der Waals surface area contributed by atoms with Crippen LogP contribution in [0.15, 0.2) is 78.9 Å². The molecule has 1 N–H and O–H groups in total. The van der Waals surface area contributed by atoms with Crippen molar-refractivity contribution in [3.63, 3.8) is 0 Å². The van der Waals surface area contributed by atoms with Gasteiger partial charge in [-0.2, -0.15) is 0 Å². The van der Waals surface area contributed by atoms with Gasteiger partial charge in [0, 0.05) is 24.0 Å². The highest BCUT2D eigenvalue weighted by Crippen LogP contribution is 2.24. The Bertz CT molecular complexity index is 1440. The number of halogens is 1. The van der Waals surface area contributed by atoms with E-state index in [2.05, 4.69) is 5.32 Å². The number of sulfonamides is 1. The van der Waals surface area contributed by atoms with Crippen molar-refractivity contribution in [1.29, 1.82) is 0 Å². The number of aryl methyl sites for hydroxylation is 1. The van der Waals surface area contributed by atoms with Gasteiger partial charge in [-0.05, 0) is 49.1 Å². The standard InChI is InChI=1S/C32H38ClN3O4S/c1-24-11-9-14-26(19-24)22-35(31(37)23-36(41(2,39)40)29-18-10-15-27(33)21-29)30(20-25-12-5-3-6-13-25)32(38)34-28-16-7-4-8-17-28/h3,5-6,9-15,18-19,21,28,30H,4,7-8,16-17,20,22-23H2,1-2H3,(H,34,38)/t30-/m0/s1. The van der Waals surface area contributed by atoms with E-state index >= 15 is 0 Å². The summed E-state index contributed by atoms with van der Waals surface area (Å²) in [6.07, 6.45) is 6.45. The summed E-state index contributed by atoms with van der Waals surface area (Å²) in [6, 6.07) is 23.0. The van der Waals surface area contributed by atoms with Gasteiger partial charge in [0.05, 0.1) is 11.9 Å². The van der Waals surface area contributed by atoms with Crippen LogP contribution in [0.1, 0.15) is 48.8 Å². The van der Waals surface area contributed by atoms with Gasteiger partial charge < -0.3 is 10.2 Å². The molecule has 1 atom stereocenters. The molecule has 0 unspecified atom stereocenters. The van der Waals surface area contributed by atoms with Gasteiger partial charge in [-0.25, -0.2) is 8.42 Å². The minimum absolute atomic E-state index is 0.0597. The third-order valence-electron chi connectivity index (χ3n) is 7.43. The molecule has 3 aromatic carbocycles. The molecule has 0 aliphatic heterocycles. The number of rotatable bonds is 11. The molecule has 0 saturated heterocycles. The maximum absolute atomic E-state index is 14.2. The summed E-state index contributed by atoms with van der Waals surface area (Å²) in [5.74, 6) is -0.702. The molecule has 1 aliphatic carbocycles. The number of nitrogens with zero attached hydrogens (tertiary/aromatic N) is 2. The van der Waals surface area contributed by atoms with Crippen molar-refractivity contribution in [2.24, 2.45) is 0 Å². The smallest absolute Gasteiger partial charge is 0.244 e. The van der Waals surface area contributed by atoms with Crippen LogP contribution >= 0.6 is 11.6 Å². The Morgan fingerprint density at radius 1 is 0.927 bits per heavy atom. The van der Waals surface area contributed by atoms with E-state index in [1.54, 1.807) is 18.2 Å². The summed E-state index contributed by atoms with van der Waals surface area (Å²) in [4.78, 5) is 29.7. The Kier molecular flexibility index (Phi) is 10.5. The molecule has 0 spiro atoms. The van der Waals surface area contributed by atoms with Gasteiger partial charge >= 0.3 is 0 Å². The van der Waals surface area contributed by atoms with Crippen LogP contribution in [0.3, 0.4) is 0 Å². The van der Waals surface area contributed by atoms with Gasteiger partial charge in [0.1, 0.15) is 12.6 Å². The molecular formula is C32H38ClN3O4S. The Morgan fingerprint density at radius 2 is 1.61 bits per heavy atom. The van der Waals surface area contributed by atoms with Gasteiger partial charge in [0.25, 0.3) is 0 Å². The fourth-order valence-corrected chi connectivity index (χ4v) is 6.38. The lowest BCUT2D eigenvalue weighted by Crippen LogP contribution is -2.55. The molecule has 0 aromatic heterocycles. The summed E-state index contributed by atoms with van der Waals surface area (Å²) >= 11 is 6.17. The van der Waals surface area contributed by atoms with Crippen LogP contribution in [0.4, 0.5) is 5.69 Å². The van der Waals surface area contributed by atoms with E-state index < -0.39 is 28.5 Å². The predicted octanol–water partition coefficient (Wildman–Crippen LogP) is 5.50. The van der Waals surface area contributed by atoms with Crippen LogP contribution < -0.4 is 9.62 Å². The maximum Gasteiger partial charge on any atom is 0.244 e. The van der Waals surface area contributed by atoms with Gasteiger partial charge in [-0.3, -0.25) is 13.9 Å². The first kappa shape index (κ1) is 30.6.